The van der Waals surface area contributed by atoms with Crippen LogP contribution < -0.4 is 10.0 Å². The topological polar surface area (TPSA) is 58.2 Å². The smallest absolute Gasteiger partial charge is 0.315 e. The molecule has 1 aromatic rings. The molecule has 1 rings (SSSR count). The van der Waals surface area contributed by atoms with E-state index < -0.39 is 21.8 Å². The molecule has 0 saturated carbocycles. The van der Waals surface area contributed by atoms with Crippen LogP contribution in [0.4, 0.5) is 13.2 Å². The van der Waals surface area contributed by atoms with E-state index in [1.54, 1.807) is 0 Å². The maximum absolute atomic E-state index is 12.8. The quantitative estimate of drug-likeness (QED) is 0.757. The minimum absolute atomic E-state index is 0.123. The molecule has 21 heavy (non-hydrogen) atoms. The fraction of sp³-hybridized carbons (Fsp3) is 0.538. The first-order chi connectivity index (χ1) is 9.70. The van der Waals surface area contributed by atoms with Gasteiger partial charge in [-0.15, -0.1) is 0 Å². The molecule has 0 bridgehead atoms. The van der Waals surface area contributed by atoms with Gasteiger partial charge in [0.05, 0.1) is 10.5 Å². The van der Waals surface area contributed by atoms with Crippen LogP contribution in [0.25, 0.3) is 0 Å². The number of benzene rings is 1. The van der Waals surface area contributed by atoms with Crippen molar-refractivity contribution in [2.45, 2.75) is 31.3 Å². The van der Waals surface area contributed by atoms with Gasteiger partial charge in [0.15, 0.2) is 0 Å². The summed E-state index contributed by atoms with van der Waals surface area (Å²) in [6, 6.07) is 3.14. The first-order valence-electron chi connectivity index (χ1n) is 6.57. The normalized spacial score (nSPS) is 12.6. The van der Waals surface area contributed by atoms with Crippen molar-refractivity contribution in [2.75, 3.05) is 19.6 Å². The van der Waals surface area contributed by atoms with Gasteiger partial charge in [-0.05, 0) is 37.6 Å². The predicted molar refractivity (Wildman–Crippen MR) is 74.5 cm³/mol. The lowest BCUT2D eigenvalue weighted by Gasteiger charge is -2.14. The molecule has 0 atom stereocenters. The molecule has 2 N–H and O–H groups in total. The van der Waals surface area contributed by atoms with Crippen molar-refractivity contribution in [3.63, 3.8) is 0 Å². The molecule has 0 heterocycles. The maximum atomic E-state index is 12.8. The molecular formula is C13H19F3N2O2S. The Balaban J connectivity index is 2.89. The molecule has 0 unspecified atom stereocenters. The lowest BCUT2D eigenvalue weighted by atomic mass is 10.1. The number of sulfonamides is 1. The first-order valence-corrected chi connectivity index (χ1v) is 8.05. The molecule has 8 heteroatoms. The Kier molecular flexibility index (Phi) is 6.18. The van der Waals surface area contributed by atoms with Crippen molar-refractivity contribution >= 4 is 10.0 Å². The molecule has 0 saturated heterocycles. The number of hydrogen-bond acceptors (Lipinski definition) is 3. The predicted octanol–water partition coefficient (Wildman–Crippen LogP) is 2.29. The highest BCUT2D eigenvalue weighted by atomic mass is 32.2. The largest absolute Gasteiger partial charge is 0.416 e. The van der Waals surface area contributed by atoms with Crippen molar-refractivity contribution in [2.24, 2.45) is 0 Å². The lowest BCUT2D eigenvalue weighted by molar-refractivity contribution is -0.138. The van der Waals surface area contributed by atoms with Crippen LogP contribution in [0.3, 0.4) is 0 Å². The van der Waals surface area contributed by atoms with E-state index in [1.165, 1.54) is 6.07 Å². The summed E-state index contributed by atoms with van der Waals surface area (Å²) < 4.78 is 64.8. The number of nitrogens with one attached hydrogen (secondary N) is 2. The molecule has 0 fully saturated rings. The van der Waals surface area contributed by atoms with E-state index in [0.29, 0.717) is 6.54 Å². The maximum Gasteiger partial charge on any atom is 0.416 e. The third-order valence-corrected chi connectivity index (χ3v) is 4.51. The van der Waals surface area contributed by atoms with Gasteiger partial charge in [-0.3, -0.25) is 0 Å². The van der Waals surface area contributed by atoms with Gasteiger partial charge in [0.25, 0.3) is 0 Å². The second kappa shape index (κ2) is 7.24. The molecule has 1 aromatic carbocycles. The number of halogens is 3. The zero-order valence-corrected chi connectivity index (χ0v) is 12.7. The first kappa shape index (κ1) is 17.9. The fourth-order valence-electron chi connectivity index (χ4n) is 1.87. The van der Waals surface area contributed by atoms with Crippen LogP contribution in [0.15, 0.2) is 23.1 Å². The van der Waals surface area contributed by atoms with Crippen LogP contribution in [-0.2, 0) is 16.2 Å². The molecule has 0 radical (unpaired) electrons. The highest BCUT2D eigenvalue weighted by Gasteiger charge is 2.34. The fourth-order valence-corrected chi connectivity index (χ4v) is 3.16. The average Bonchev–Trinajstić information content (AvgIpc) is 2.37. The Morgan fingerprint density at radius 1 is 1.14 bits per heavy atom. The highest BCUT2D eigenvalue weighted by Crippen LogP contribution is 2.33. The summed E-state index contributed by atoms with van der Waals surface area (Å²) >= 11 is 0. The van der Waals surface area contributed by atoms with Gasteiger partial charge in [0.1, 0.15) is 0 Å². The van der Waals surface area contributed by atoms with Crippen molar-refractivity contribution in [1.29, 1.82) is 0 Å². The number of alkyl halides is 3. The number of rotatable bonds is 7. The standard InChI is InChI=1S/C13H19F3N2O2S/c1-3-7-17-8-9-18-21(19,20)12-6-4-5-11(10(12)2)13(14,15)16/h4-6,17-18H,3,7-9H2,1-2H3. The van der Waals surface area contributed by atoms with Gasteiger partial charge >= 0.3 is 6.18 Å². The van der Waals surface area contributed by atoms with Crippen molar-refractivity contribution in [3.8, 4) is 0 Å². The zero-order valence-electron chi connectivity index (χ0n) is 11.9. The van der Waals surface area contributed by atoms with E-state index in [0.717, 1.165) is 32.0 Å². The molecule has 120 valence electrons. The zero-order chi connectivity index (χ0) is 16.1. The summed E-state index contributed by atoms with van der Waals surface area (Å²) in [7, 11) is -3.95. The van der Waals surface area contributed by atoms with E-state index in [1.807, 2.05) is 6.92 Å². The summed E-state index contributed by atoms with van der Waals surface area (Å²) in [4.78, 5) is -0.340. The van der Waals surface area contributed by atoms with E-state index in [2.05, 4.69) is 10.0 Å². The Bertz CT molecular complexity index is 571. The molecule has 4 nitrogen and oxygen atoms in total. The minimum atomic E-state index is -4.57. The van der Waals surface area contributed by atoms with Gasteiger partial charge in [0.2, 0.25) is 10.0 Å². The van der Waals surface area contributed by atoms with Gasteiger partial charge in [-0.1, -0.05) is 13.0 Å². The molecular weight excluding hydrogens is 305 g/mol. The van der Waals surface area contributed by atoms with Crippen molar-refractivity contribution in [3.05, 3.63) is 29.3 Å². The van der Waals surface area contributed by atoms with E-state index in [-0.39, 0.29) is 17.0 Å². The van der Waals surface area contributed by atoms with Crippen LogP contribution in [0, 0.1) is 6.92 Å². The molecule has 0 aliphatic carbocycles. The summed E-state index contributed by atoms with van der Waals surface area (Å²) in [6.45, 7) is 4.43. The minimum Gasteiger partial charge on any atom is -0.315 e. The summed E-state index contributed by atoms with van der Waals surface area (Å²) in [6.07, 6.45) is -3.65. The van der Waals surface area contributed by atoms with Crippen LogP contribution in [0.2, 0.25) is 0 Å². The number of hydrogen-bond donors (Lipinski definition) is 2. The third kappa shape index (κ3) is 4.98. The Hall–Kier alpha value is -1.12. The summed E-state index contributed by atoms with van der Waals surface area (Å²) in [5, 5.41) is 3.00. The van der Waals surface area contributed by atoms with Gasteiger partial charge < -0.3 is 5.32 Å². The van der Waals surface area contributed by atoms with Gasteiger partial charge in [-0.25, -0.2) is 13.1 Å². The van der Waals surface area contributed by atoms with Crippen molar-refractivity contribution in [1.82, 2.24) is 10.0 Å². The monoisotopic (exact) mass is 324 g/mol. The average molecular weight is 324 g/mol. The SMILES string of the molecule is CCCNCCNS(=O)(=O)c1cccc(C(F)(F)F)c1C. The Morgan fingerprint density at radius 2 is 1.81 bits per heavy atom. The third-order valence-electron chi connectivity index (χ3n) is 2.90. The molecule has 0 aromatic heterocycles. The Labute approximate surface area is 122 Å². The van der Waals surface area contributed by atoms with E-state index in [4.69, 9.17) is 0 Å². The highest BCUT2D eigenvalue weighted by molar-refractivity contribution is 7.89. The second-order valence-corrected chi connectivity index (χ2v) is 6.31. The van der Waals surface area contributed by atoms with Gasteiger partial charge in [-0.2, -0.15) is 13.2 Å². The summed E-state index contributed by atoms with van der Waals surface area (Å²) in [5.41, 5.74) is -1.23. The Morgan fingerprint density at radius 3 is 2.38 bits per heavy atom. The van der Waals surface area contributed by atoms with Crippen LogP contribution in [-0.4, -0.2) is 28.1 Å². The molecule has 0 aliphatic rings. The summed E-state index contributed by atoms with van der Waals surface area (Å²) in [5.74, 6) is 0. The lowest BCUT2D eigenvalue weighted by Crippen LogP contribution is -2.32. The van der Waals surface area contributed by atoms with E-state index >= 15 is 0 Å². The van der Waals surface area contributed by atoms with Crippen LogP contribution in [0.1, 0.15) is 24.5 Å². The van der Waals surface area contributed by atoms with Crippen LogP contribution in [0.5, 0.6) is 0 Å². The molecule has 0 spiro atoms. The van der Waals surface area contributed by atoms with Crippen molar-refractivity contribution < 1.29 is 21.6 Å². The van der Waals surface area contributed by atoms with E-state index in [9.17, 15) is 21.6 Å². The molecule has 0 amide bonds. The molecule has 0 aliphatic heterocycles. The van der Waals surface area contributed by atoms with Crippen LogP contribution >= 0.6 is 0 Å². The second-order valence-electron chi connectivity index (χ2n) is 4.57. The van der Waals surface area contributed by atoms with Gasteiger partial charge in [0, 0.05) is 13.1 Å².